The number of aromatic nitrogens is 5. The number of carbonyl (C=O) groups excluding carboxylic acids is 1. The summed E-state index contributed by atoms with van der Waals surface area (Å²) in [5.74, 6) is 0.643. The minimum atomic E-state index is -0.0532. The average molecular weight is 389 g/mol. The van der Waals surface area contributed by atoms with Crippen LogP contribution < -0.4 is 11.3 Å². The highest BCUT2D eigenvalue weighted by Crippen LogP contribution is 2.36. The van der Waals surface area contributed by atoms with Crippen LogP contribution in [-0.4, -0.2) is 48.6 Å². The Labute approximate surface area is 166 Å². The van der Waals surface area contributed by atoms with Gasteiger partial charge in [-0.25, -0.2) is 9.97 Å². The molecule has 3 aromatic rings. The molecule has 2 aliphatic rings. The minimum Gasteiger partial charge on any atom is -0.384 e. The van der Waals surface area contributed by atoms with Gasteiger partial charge in [-0.1, -0.05) is 0 Å². The first kappa shape index (κ1) is 17.5. The van der Waals surface area contributed by atoms with Gasteiger partial charge in [-0.3, -0.25) is 9.59 Å². The van der Waals surface area contributed by atoms with Gasteiger partial charge in [0.1, 0.15) is 12.1 Å². The van der Waals surface area contributed by atoms with Crippen LogP contribution in [0.25, 0.3) is 11.3 Å². The van der Waals surface area contributed by atoms with Gasteiger partial charge < -0.3 is 15.2 Å². The highest BCUT2D eigenvalue weighted by Gasteiger charge is 2.37. The van der Waals surface area contributed by atoms with E-state index in [4.69, 9.17) is 5.73 Å². The molecule has 0 spiro atoms. The van der Waals surface area contributed by atoms with Gasteiger partial charge in [0, 0.05) is 48.9 Å². The number of carbonyl (C=O) groups is 1. The Bertz CT molecular complexity index is 1150. The molecule has 2 bridgehead atoms. The molecule has 3 aromatic heterocycles. The number of anilines is 1. The third kappa shape index (κ3) is 3.14. The van der Waals surface area contributed by atoms with Gasteiger partial charge >= 0.3 is 0 Å². The van der Waals surface area contributed by atoms with E-state index in [0.717, 1.165) is 17.7 Å². The Morgan fingerprint density at radius 1 is 1.10 bits per heavy atom. The van der Waals surface area contributed by atoms with Crippen LogP contribution in [0.3, 0.4) is 0 Å². The highest BCUT2D eigenvalue weighted by atomic mass is 16.2. The van der Waals surface area contributed by atoms with Crippen LogP contribution in [-0.2, 0) is 6.54 Å². The van der Waals surface area contributed by atoms with Gasteiger partial charge in [0.05, 0.1) is 23.7 Å². The summed E-state index contributed by atoms with van der Waals surface area (Å²) in [4.78, 5) is 35.7. The first-order valence-corrected chi connectivity index (χ1v) is 9.47. The molecule has 9 heteroatoms. The van der Waals surface area contributed by atoms with Crippen molar-refractivity contribution in [2.45, 2.75) is 18.9 Å². The van der Waals surface area contributed by atoms with Crippen LogP contribution in [0.5, 0.6) is 0 Å². The number of hydrogen-bond donors (Lipinski definition) is 1. The van der Waals surface area contributed by atoms with Crippen molar-refractivity contribution in [2.75, 3.05) is 18.8 Å². The molecule has 146 valence electrons. The fraction of sp³-hybridized carbons (Fsp3) is 0.300. The molecule has 5 rings (SSSR count). The normalized spacial score (nSPS) is 20.2. The van der Waals surface area contributed by atoms with E-state index in [1.165, 1.54) is 18.7 Å². The monoisotopic (exact) mass is 389 g/mol. The second-order valence-electron chi connectivity index (χ2n) is 7.59. The number of hydrogen-bond acceptors (Lipinski definition) is 7. The minimum absolute atomic E-state index is 0.0508. The van der Waals surface area contributed by atoms with E-state index in [0.29, 0.717) is 36.7 Å². The van der Waals surface area contributed by atoms with Crippen LogP contribution in [0, 0.1) is 5.92 Å². The van der Waals surface area contributed by atoms with Crippen molar-refractivity contribution in [3.8, 4) is 11.3 Å². The summed E-state index contributed by atoms with van der Waals surface area (Å²) in [5.41, 5.74) is 8.52. The average Bonchev–Trinajstić information content (AvgIpc) is 2.74. The summed E-state index contributed by atoms with van der Waals surface area (Å²) in [6.45, 7) is 1.80. The standard InChI is InChI=1S/C20H19N7O2/c21-18-6-16(22-11-23-18)14-4-17-15-3-12(9-27(17)19(28)5-14)8-26(10-15)20(29)13-1-2-24-25-7-13/h1-2,4-7,11-12,15H,3,8-10H2,(H2,21,22,23)/t12-,15+/m0/s1. The lowest BCUT2D eigenvalue weighted by molar-refractivity contribution is 0.0594. The Kier molecular flexibility index (Phi) is 4.08. The molecule has 5 heterocycles. The van der Waals surface area contributed by atoms with E-state index in [1.54, 1.807) is 18.2 Å². The second kappa shape index (κ2) is 6.77. The van der Waals surface area contributed by atoms with E-state index in [-0.39, 0.29) is 23.3 Å². The molecule has 0 radical (unpaired) electrons. The predicted octanol–water partition coefficient (Wildman–Crippen LogP) is 0.937. The molecular formula is C20H19N7O2. The van der Waals surface area contributed by atoms with Crippen LogP contribution in [0.15, 0.2) is 47.8 Å². The number of fused-ring (bicyclic) bond motifs is 4. The van der Waals surface area contributed by atoms with Crippen molar-refractivity contribution in [1.82, 2.24) is 29.6 Å². The number of piperidine rings is 1. The van der Waals surface area contributed by atoms with E-state index >= 15 is 0 Å². The Balaban J connectivity index is 1.50. The Morgan fingerprint density at radius 3 is 2.79 bits per heavy atom. The van der Waals surface area contributed by atoms with Gasteiger partial charge in [0.2, 0.25) is 0 Å². The molecule has 1 fully saturated rings. The molecule has 29 heavy (non-hydrogen) atoms. The number of likely N-dealkylation sites (tertiary alicyclic amines) is 1. The molecule has 0 saturated carbocycles. The number of amides is 1. The molecular weight excluding hydrogens is 370 g/mol. The molecule has 2 aliphatic heterocycles. The topological polar surface area (TPSA) is 120 Å². The third-order valence-corrected chi connectivity index (χ3v) is 5.66. The predicted molar refractivity (Wildman–Crippen MR) is 105 cm³/mol. The Hall–Kier alpha value is -3.62. The summed E-state index contributed by atoms with van der Waals surface area (Å²) in [7, 11) is 0. The van der Waals surface area contributed by atoms with Crippen molar-refractivity contribution < 1.29 is 4.79 Å². The van der Waals surface area contributed by atoms with Gasteiger partial charge in [-0.15, -0.1) is 0 Å². The van der Waals surface area contributed by atoms with Crippen molar-refractivity contribution in [3.63, 3.8) is 0 Å². The first-order valence-electron chi connectivity index (χ1n) is 9.47. The van der Waals surface area contributed by atoms with Crippen LogP contribution in [0.4, 0.5) is 5.82 Å². The van der Waals surface area contributed by atoms with E-state index in [9.17, 15) is 9.59 Å². The zero-order valence-electron chi connectivity index (χ0n) is 15.6. The molecule has 1 saturated heterocycles. The largest absolute Gasteiger partial charge is 0.384 e. The molecule has 0 unspecified atom stereocenters. The lowest BCUT2D eigenvalue weighted by Gasteiger charge is -2.42. The maximum Gasteiger partial charge on any atom is 0.255 e. The SMILES string of the molecule is Nc1cc(-c2cc3n(c(=O)c2)C[C@H]2C[C@@H]3CN(C(=O)c3ccnnc3)C2)ncn1. The smallest absolute Gasteiger partial charge is 0.255 e. The van der Waals surface area contributed by atoms with Gasteiger partial charge in [-0.2, -0.15) is 10.2 Å². The van der Waals surface area contributed by atoms with Crippen LogP contribution in [0.2, 0.25) is 0 Å². The highest BCUT2D eigenvalue weighted by molar-refractivity contribution is 5.93. The number of nitrogens with two attached hydrogens (primary N) is 1. The summed E-state index contributed by atoms with van der Waals surface area (Å²) in [6, 6.07) is 6.92. The lowest BCUT2D eigenvalue weighted by Crippen LogP contribution is -2.49. The number of nitrogen functional groups attached to an aromatic ring is 1. The molecule has 0 aliphatic carbocycles. The summed E-state index contributed by atoms with van der Waals surface area (Å²) < 4.78 is 1.84. The van der Waals surface area contributed by atoms with Gasteiger partial charge in [0.25, 0.3) is 11.5 Å². The van der Waals surface area contributed by atoms with Crippen LogP contribution in [0.1, 0.15) is 28.4 Å². The van der Waals surface area contributed by atoms with Crippen molar-refractivity contribution in [2.24, 2.45) is 5.92 Å². The fourth-order valence-corrected chi connectivity index (χ4v) is 4.40. The summed E-state index contributed by atoms with van der Waals surface area (Å²) in [5, 5.41) is 7.54. The maximum atomic E-state index is 12.9. The van der Waals surface area contributed by atoms with Crippen molar-refractivity contribution >= 4 is 11.7 Å². The van der Waals surface area contributed by atoms with Crippen molar-refractivity contribution in [3.05, 3.63) is 64.6 Å². The van der Waals surface area contributed by atoms with Gasteiger partial charge in [0.15, 0.2) is 0 Å². The maximum absolute atomic E-state index is 12.9. The summed E-state index contributed by atoms with van der Waals surface area (Å²) in [6.07, 6.45) is 5.35. The lowest BCUT2D eigenvalue weighted by atomic mass is 9.82. The van der Waals surface area contributed by atoms with Crippen molar-refractivity contribution in [1.29, 1.82) is 0 Å². The Morgan fingerprint density at radius 2 is 2.00 bits per heavy atom. The molecule has 2 N–H and O–H groups in total. The van der Waals surface area contributed by atoms with E-state index < -0.39 is 0 Å². The molecule has 0 aromatic carbocycles. The van der Waals surface area contributed by atoms with Crippen LogP contribution >= 0.6 is 0 Å². The van der Waals surface area contributed by atoms with E-state index in [1.807, 2.05) is 15.5 Å². The molecule has 2 atom stereocenters. The second-order valence-corrected chi connectivity index (χ2v) is 7.59. The van der Waals surface area contributed by atoms with Gasteiger partial charge in [-0.05, 0) is 24.5 Å². The zero-order chi connectivity index (χ0) is 20.0. The molecule has 9 nitrogen and oxygen atoms in total. The molecule has 1 amide bonds. The zero-order valence-corrected chi connectivity index (χ0v) is 15.6. The number of pyridine rings is 1. The number of rotatable bonds is 2. The fourth-order valence-electron chi connectivity index (χ4n) is 4.40. The van der Waals surface area contributed by atoms with E-state index in [2.05, 4.69) is 20.2 Å². The first-order chi connectivity index (χ1) is 14.1. The quantitative estimate of drug-likeness (QED) is 0.692. The number of nitrogens with zero attached hydrogens (tertiary/aromatic N) is 6. The summed E-state index contributed by atoms with van der Waals surface area (Å²) >= 11 is 0. The third-order valence-electron chi connectivity index (χ3n) is 5.66.